The topological polar surface area (TPSA) is 61.8 Å². The van der Waals surface area contributed by atoms with Gasteiger partial charge in [0.15, 0.2) is 12.4 Å². The second kappa shape index (κ2) is 9.03. The molecule has 2 rings (SSSR count). The number of hydrogen-bond donors (Lipinski definition) is 0. The Balaban J connectivity index is 1.94. The predicted octanol–water partition coefficient (Wildman–Crippen LogP) is 3.91. The Hall–Kier alpha value is -2.60. The van der Waals surface area contributed by atoms with Crippen molar-refractivity contribution in [2.45, 2.75) is 0 Å². The summed E-state index contributed by atoms with van der Waals surface area (Å²) in [7, 11) is 3.09. The van der Waals surface area contributed by atoms with E-state index >= 15 is 0 Å². The number of esters is 1. The molecule has 0 amide bonds. The minimum absolute atomic E-state index is 0.267. The number of benzene rings is 2. The summed E-state index contributed by atoms with van der Waals surface area (Å²) in [6.45, 7) is -0.315. The Morgan fingerprint density at radius 2 is 1.76 bits per heavy atom. The Labute approximate surface area is 154 Å². The van der Waals surface area contributed by atoms with Gasteiger partial charge in [0.1, 0.15) is 11.5 Å². The number of carbonyl (C=O) groups excluding carboxylic acids is 2. The summed E-state index contributed by atoms with van der Waals surface area (Å²) < 4.78 is 16.2. The standard InChI is InChI=1S/C19H17BrO5/c1-23-16-9-5-14(18(11-16)24-2)6-10-19(22)25-12-17(21)13-3-7-15(20)8-4-13/h3-11H,12H2,1-2H3. The van der Waals surface area contributed by atoms with Crippen molar-refractivity contribution in [2.24, 2.45) is 0 Å². The zero-order chi connectivity index (χ0) is 18.2. The molecule has 0 heterocycles. The van der Waals surface area contributed by atoms with E-state index in [-0.39, 0.29) is 12.4 Å². The quantitative estimate of drug-likeness (QED) is 0.397. The molecule has 0 N–H and O–H groups in total. The average molecular weight is 405 g/mol. The summed E-state index contributed by atoms with van der Waals surface area (Å²) in [4.78, 5) is 23.7. The first-order chi connectivity index (χ1) is 12.0. The van der Waals surface area contributed by atoms with Crippen LogP contribution in [0.25, 0.3) is 6.08 Å². The minimum atomic E-state index is -0.608. The third kappa shape index (κ3) is 5.46. The van der Waals surface area contributed by atoms with Gasteiger partial charge in [-0.3, -0.25) is 4.79 Å². The first-order valence-electron chi connectivity index (χ1n) is 7.39. The number of hydrogen-bond acceptors (Lipinski definition) is 5. The van der Waals surface area contributed by atoms with Crippen LogP contribution in [0, 0.1) is 0 Å². The molecule has 130 valence electrons. The molecule has 0 radical (unpaired) electrons. The van der Waals surface area contributed by atoms with Crippen molar-refractivity contribution >= 4 is 33.8 Å². The van der Waals surface area contributed by atoms with Crippen molar-refractivity contribution in [2.75, 3.05) is 20.8 Å². The smallest absolute Gasteiger partial charge is 0.331 e. The first-order valence-corrected chi connectivity index (χ1v) is 8.18. The largest absolute Gasteiger partial charge is 0.497 e. The number of ether oxygens (including phenoxy) is 3. The highest BCUT2D eigenvalue weighted by molar-refractivity contribution is 9.10. The fourth-order valence-corrected chi connectivity index (χ4v) is 2.28. The molecule has 25 heavy (non-hydrogen) atoms. The molecule has 2 aromatic rings. The summed E-state index contributed by atoms with van der Waals surface area (Å²) in [5.41, 5.74) is 1.18. The van der Waals surface area contributed by atoms with Gasteiger partial charge in [-0.15, -0.1) is 0 Å². The fourth-order valence-electron chi connectivity index (χ4n) is 2.02. The SMILES string of the molecule is COc1ccc(C=CC(=O)OCC(=O)c2ccc(Br)cc2)c(OC)c1. The van der Waals surface area contributed by atoms with Gasteiger partial charge in [0.2, 0.25) is 0 Å². The zero-order valence-corrected chi connectivity index (χ0v) is 15.4. The van der Waals surface area contributed by atoms with Gasteiger partial charge >= 0.3 is 5.97 Å². The van der Waals surface area contributed by atoms with E-state index in [2.05, 4.69) is 15.9 Å². The molecule has 0 spiro atoms. The van der Waals surface area contributed by atoms with Gasteiger partial charge in [0.25, 0.3) is 0 Å². The molecule has 0 saturated heterocycles. The maximum Gasteiger partial charge on any atom is 0.331 e. The van der Waals surface area contributed by atoms with Gasteiger partial charge < -0.3 is 14.2 Å². The molecule has 0 aliphatic heterocycles. The number of Topliss-reactive ketones (excluding diaryl/α,β-unsaturated/α-hetero) is 1. The highest BCUT2D eigenvalue weighted by Crippen LogP contribution is 2.25. The molecular formula is C19H17BrO5. The summed E-state index contributed by atoms with van der Waals surface area (Å²) >= 11 is 3.30. The van der Waals surface area contributed by atoms with E-state index in [4.69, 9.17) is 14.2 Å². The lowest BCUT2D eigenvalue weighted by Gasteiger charge is -2.07. The van der Waals surface area contributed by atoms with E-state index in [1.807, 2.05) is 0 Å². The van der Waals surface area contributed by atoms with Gasteiger partial charge in [-0.1, -0.05) is 28.1 Å². The highest BCUT2D eigenvalue weighted by Gasteiger charge is 2.09. The number of rotatable bonds is 7. The second-order valence-corrected chi connectivity index (χ2v) is 5.89. The predicted molar refractivity (Wildman–Crippen MR) is 98.0 cm³/mol. The van der Waals surface area contributed by atoms with Crippen LogP contribution in [0.2, 0.25) is 0 Å². The second-order valence-electron chi connectivity index (χ2n) is 4.98. The number of carbonyl (C=O) groups is 2. The average Bonchev–Trinajstić information content (AvgIpc) is 2.64. The molecule has 0 fully saturated rings. The molecule has 0 unspecified atom stereocenters. The molecule has 0 aliphatic rings. The van der Waals surface area contributed by atoms with Crippen molar-refractivity contribution in [3.8, 4) is 11.5 Å². The molecule has 5 nitrogen and oxygen atoms in total. The zero-order valence-electron chi connectivity index (χ0n) is 13.8. The van der Waals surface area contributed by atoms with E-state index < -0.39 is 5.97 Å². The summed E-state index contributed by atoms with van der Waals surface area (Å²) in [6.07, 6.45) is 2.81. The normalized spacial score (nSPS) is 10.5. The number of halogens is 1. The van der Waals surface area contributed by atoms with Gasteiger partial charge in [0, 0.05) is 27.7 Å². The van der Waals surface area contributed by atoms with Crippen molar-refractivity contribution in [1.82, 2.24) is 0 Å². The van der Waals surface area contributed by atoms with Crippen molar-refractivity contribution in [1.29, 1.82) is 0 Å². The van der Waals surface area contributed by atoms with Crippen LogP contribution in [0.15, 0.2) is 53.0 Å². The Kier molecular flexibility index (Phi) is 6.77. The molecule has 2 aromatic carbocycles. The van der Waals surface area contributed by atoms with E-state index in [1.54, 1.807) is 55.7 Å². The van der Waals surface area contributed by atoms with Crippen LogP contribution in [0.1, 0.15) is 15.9 Å². The van der Waals surface area contributed by atoms with Crippen LogP contribution < -0.4 is 9.47 Å². The maximum atomic E-state index is 12.0. The molecule has 0 saturated carbocycles. The van der Waals surface area contributed by atoms with Crippen molar-refractivity contribution in [3.05, 3.63) is 64.1 Å². The third-order valence-electron chi connectivity index (χ3n) is 3.35. The summed E-state index contributed by atoms with van der Waals surface area (Å²) in [5, 5.41) is 0. The maximum absolute atomic E-state index is 12.0. The van der Waals surface area contributed by atoms with Gasteiger partial charge in [-0.05, 0) is 30.3 Å². The van der Waals surface area contributed by atoms with Crippen LogP contribution in [0.4, 0.5) is 0 Å². The highest BCUT2D eigenvalue weighted by atomic mass is 79.9. The lowest BCUT2D eigenvalue weighted by molar-refractivity contribution is -0.136. The van der Waals surface area contributed by atoms with E-state index in [1.165, 1.54) is 13.2 Å². The summed E-state index contributed by atoms with van der Waals surface area (Å²) in [6, 6.07) is 12.1. The van der Waals surface area contributed by atoms with Crippen molar-refractivity contribution in [3.63, 3.8) is 0 Å². The van der Waals surface area contributed by atoms with Gasteiger partial charge in [0.05, 0.1) is 14.2 Å². The first kappa shape index (κ1) is 18.7. The van der Waals surface area contributed by atoms with Gasteiger partial charge in [-0.2, -0.15) is 0 Å². The van der Waals surface area contributed by atoms with Crippen molar-refractivity contribution < 1.29 is 23.8 Å². The number of methoxy groups -OCH3 is 2. The lowest BCUT2D eigenvalue weighted by Crippen LogP contribution is -2.12. The fraction of sp³-hybridized carbons (Fsp3) is 0.158. The van der Waals surface area contributed by atoms with Crippen LogP contribution in [0.5, 0.6) is 11.5 Å². The molecule has 0 aliphatic carbocycles. The van der Waals surface area contributed by atoms with Crippen LogP contribution >= 0.6 is 15.9 Å². The Morgan fingerprint density at radius 1 is 1.04 bits per heavy atom. The molecule has 0 bridgehead atoms. The van der Waals surface area contributed by atoms with Crippen LogP contribution in [0.3, 0.4) is 0 Å². The van der Waals surface area contributed by atoms with Gasteiger partial charge in [-0.25, -0.2) is 4.79 Å². The molecule has 6 heteroatoms. The molecule has 0 aromatic heterocycles. The minimum Gasteiger partial charge on any atom is -0.497 e. The summed E-state index contributed by atoms with van der Waals surface area (Å²) in [5.74, 6) is 0.339. The Morgan fingerprint density at radius 3 is 2.40 bits per heavy atom. The lowest BCUT2D eigenvalue weighted by atomic mass is 10.1. The van der Waals surface area contributed by atoms with Crippen LogP contribution in [-0.2, 0) is 9.53 Å². The molecular weight excluding hydrogens is 388 g/mol. The monoisotopic (exact) mass is 404 g/mol. The van der Waals surface area contributed by atoms with E-state index in [9.17, 15) is 9.59 Å². The number of ketones is 1. The third-order valence-corrected chi connectivity index (χ3v) is 3.88. The Bertz CT molecular complexity index is 781. The molecule has 0 atom stereocenters. The van der Waals surface area contributed by atoms with E-state index in [0.717, 1.165) is 4.47 Å². The van der Waals surface area contributed by atoms with Crippen LogP contribution in [-0.4, -0.2) is 32.6 Å². The van der Waals surface area contributed by atoms with E-state index in [0.29, 0.717) is 22.6 Å².